The number of hydrogen-bond acceptors (Lipinski definition) is 2. The van der Waals surface area contributed by atoms with Crippen molar-refractivity contribution in [2.45, 2.75) is 19.3 Å². The lowest BCUT2D eigenvalue weighted by atomic mass is 9.90. The molecular formula is C16H17NO. The second kappa shape index (κ2) is 3.91. The van der Waals surface area contributed by atoms with Crippen LogP contribution in [0.25, 0.3) is 16.7 Å². The third kappa shape index (κ3) is 1.56. The zero-order valence-electron chi connectivity index (χ0n) is 10.4. The van der Waals surface area contributed by atoms with E-state index in [0.29, 0.717) is 0 Å². The minimum Gasteiger partial charge on any atom is -0.455 e. The number of fused-ring (bicyclic) bond motifs is 3. The molecule has 3 heterocycles. The van der Waals surface area contributed by atoms with Gasteiger partial charge in [0.05, 0.1) is 5.70 Å². The Labute approximate surface area is 107 Å². The van der Waals surface area contributed by atoms with Gasteiger partial charge in [-0.15, -0.1) is 0 Å². The van der Waals surface area contributed by atoms with Gasteiger partial charge in [0.25, 0.3) is 0 Å². The van der Waals surface area contributed by atoms with Crippen molar-refractivity contribution in [3.63, 3.8) is 0 Å². The highest BCUT2D eigenvalue weighted by Gasteiger charge is 2.27. The van der Waals surface area contributed by atoms with Crippen LogP contribution in [0.5, 0.6) is 0 Å². The van der Waals surface area contributed by atoms with E-state index in [1.807, 2.05) is 12.1 Å². The third-order valence-electron chi connectivity index (χ3n) is 4.18. The summed E-state index contributed by atoms with van der Waals surface area (Å²) in [5.41, 5.74) is 2.30. The van der Waals surface area contributed by atoms with E-state index in [9.17, 15) is 0 Å². The molecule has 0 amide bonds. The van der Waals surface area contributed by atoms with Gasteiger partial charge in [0.15, 0.2) is 5.76 Å². The SMILES string of the molecule is C1=C(c2cc3ccccc3o2)N2CCCC(C1)C2. The van der Waals surface area contributed by atoms with Crippen LogP contribution in [-0.2, 0) is 0 Å². The summed E-state index contributed by atoms with van der Waals surface area (Å²) in [5.74, 6) is 1.91. The van der Waals surface area contributed by atoms with Crippen molar-refractivity contribution in [2.24, 2.45) is 5.92 Å². The van der Waals surface area contributed by atoms with E-state index in [-0.39, 0.29) is 0 Å². The number of allylic oxidation sites excluding steroid dienone is 1. The fourth-order valence-corrected chi connectivity index (χ4v) is 3.25. The lowest BCUT2D eigenvalue weighted by molar-refractivity contribution is 0.230. The Bertz CT molecular complexity index is 577. The van der Waals surface area contributed by atoms with E-state index in [1.54, 1.807) is 0 Å². The fourth-order valence-electron chi connectivity index (χ4n) is 3.25. The van der Waals surface area contributed by atoms with Gasteiger partial charge in [-0.25, -0.2) is 0 Å². The van der Waals surface area contributed by atoms with Crippen LogP contribution in [0, 0.1) is 5.92 Å². The van der Waals surface area contributed by atoms with E-state index >= 15 is 0 Å². The first kappa shape index (κ1) is 10.2. The fraction of sp³-hybridized carbons (Fsp3) is 0.375. The van der Waals surface area contributed by atoms with E-state index in [2.05, 4.69) is 29.2 Å². The van der Waals surface area contributed by atoms with Crippen LogP contribution < -0.4 is 0 Å². The van der Waals surface area contributed by atoms with Gasteiger partial charge in [-0.05, 0) is 37.3 Å². The Kier molecular flexibility index (Phi) is 2.22. The number of benzene rings is 1. The Balaban J connectivity index is 1.77. The van der Waals surface area contributed by atoms with Crippen LogP contribution in [0.4, 0.5) is 0 Å². The summed E-state index contributed by atoms with van der Waals surface area (Å²) in [5, 5.41) is 1.20. The normalized spacial score (nSPS) is 23.2. The molecule has 4 rings (SSSR count). The molecule has 2 aromatic rings. The smallest absolute Gasteiger partial charge is 0.151 e. The van der Waals surface area contributed by atoms with Crippen molar-refractivity contribution >= 4 is 16.7 Å². The van der Waals surface area contributed by atoms with Gasteiger partial charge >= 0.3 is 0 Å². The van der Waals surface area contributed by atoms with Crippen LogP contribution in [0.2, 0.25) is 0 Å². The average Bonchev–Trinajstić information content (AvgIpc) is 2.82. The second-order valence-corrected chi connectivity index (χ2v) is 5.43. The van der Waals surface area contributed by atoms with E-state index in [0.717, 1.165) is 17.3 Å². The first-order valence-corrected chi connectivity index (χ1v) is 6.84. The average molecular weight is 239 g/mol. The quantitative estimate of drug-likeness (QED) is 0.750. The summed E-state index contributed by atoms with van der Waals surface area (Å²) in [6, 6.07) is 10.4. The molecule has 0 N–H and O–H groups in total. The van der Waals surface area contributed by atoms with Gasteiger partial charge in [0, 0.05) is 18.5 Å². The van der Waals surface area contributed by atoms with Crippen molar-refractivity contribution in [1.29, 1.82) is 0 Å². The minimum absolute atomic E-state index is 0.867. The van der Waals surface area contributed by atoms with Gasteiger partial charge in [0.1, 0.15) is 5.58 Å². The number of piperidine rings is 1. The van der Waals surface area contributed by atoms with Crippen LogP contribution in [0.15, 0.2) is 40.8 Å². The van der Waals surface area contributed by atoms with Crippen LogP contribution in [-0.4, -0.2) is 18.0 Å². The van der Waals surface area contributed by atoms with Crippen molar-refractivity contribution in [3.8, 4) is 0 Å². The second-order valence-electron chi connectivity index (χ2n) is 5.43. The molecule has 1 atom stereocenters. The third-order valence-corrected chi connectivity index (χ3v) is 4.18. The van der Waals surface area contributed by atoms with Crippen molar-refractivity contribution < 1.29 is 4.42 Å². The molecule has 2 nitrogen and oxygen atoms in total. The lowest BCUT2D eigenvalue weighted by Crippen LogP contribution is -2.36. The molecule has 0 radical (unpaired) electrons. The first-order chi connectivity index (χ1) is 8.90. The first-order valence-electron chi connectivity index (χ1n) is 6.84. The lowest BCUT2D eigenvalue weighted by Gasteiger charge is -2.38. The predicted molar refractivity (Wildman–Crippen MR) is 73.1 cm³/mol. The molecule has 1 unspecified atom stereocenters. The molecule has 2 aliphatic heterocycles. The number of hydrogen-bond donors (Lipinski definition) is 0. The summed E-state index contributed by atoms with van der Waals surface area (Å²) >= 11 is 0. The Morgan fingerprint density at radius 1 is 1.22 bits per heavy atom. The topological polar surface area (TPSA) is 16.4 Å². The van der Waals surface area contributed by atoms with E-state index in [4.69, 9.17) is 4.42 Å². The van der Waals surface area contributed by atoms with Gasteiger partial charge in [-0.2, -0.15) is 0 Å². The molecule has 0 aliphatic carbocycles. The summed E-state index contributed by atoms with van der Waals surface area (Å²) in [4.78, 5) is 2.50. The molecule has 92 valence electrons. The molecule has 1 saturated heterocycles. The predicted octanol–water partition coefficient (Wildman–Crippen LogP) is 3.89. The molecule has 0 spiro atoms. The summed E-state index contributed by atoms with van der Waals surface area (Å²) in [7, 11) is 0. The summed E-state index contributed by atoms with van der Waals surface area (Å²) in [6.07, 6.45) is 6.29. The van der Waals surface area contributed by atoms with Gasteiger partial charge in [-0.1, -0.05) is 24.3 Å². The summed E-state index contributed by atoms with van der Waals surface area (Å²) in [6.45, 7) is 2.39. The highest BCUT2D eigenvalue weighted by molar-refractivity contribution is 5.81. The highest BCUT2D eigenvalue weighted by Crippen LogP contribution is 2.35. The standard InChI is InChI=1S/C16H17NO/c1-2-6-15-13(5-1)10-16(18-15)14-8-7-12-4-3-9-17(14)11-12/h1-2,5-6,8,10,12H,3-4,7,9,11H2. The maximum atomic E-state index is 5.99. The number of rotatable bonds is 1. The Hall–Kier alpha value is -1.70. The Morgan fingerprint density at radius 2 is 2.17 bits per heavy atom. The highest BCUT2D eigenvalue weighted by atomic mass is 16.3. The number of para-hydroxylation sites is 1. The largest absolute Gasteiger partial charge is 0.455 e. The van der Waals surface area contributed by atoms with Crippen LogP contribution in [0.3, 0.4) is 0 Å². The number of furan rings is 1. The maximum absolute atomic E-state index is 5.99. The molecule has 1 fully saturated rings. The molecule has 1 aromatic heterocycles. The van der Waals surface area contributed by atoms with Crippen molar-refractivity contribution in [1.82, 2.24) is 4.90 Å². The maximum Gasteiger partial charge on any atom is 0.151 e. The molecule has 2 aliphatic rings. The van der Waals surface area contributed by atoms with Crippen molar-refractivity contribution in [2.75, 3.05) is 13.1 Å². The molecular weight excluding hydrogens is 222 g/mol. The molecule has 2 bridgehead atoms. The molecule has 1 aromatic carbocycles. The number of nitrogens with zero attached hydrogens (tertiary/aromatic N) is 1. The summed E-state index contributed by atoms with van der Waals surface area (Å²) < 4.78 is 5.99. The van der Waals surface area contributed by atoms with Crippen LogP contribution >= 0.6 is 0 Å². The van der Waals surface area contributed by atoms with Crippen molar-refractivity contribution in [3.05, 3.63) is 42.2 Å². The molecule has 18 heavy (non-hydrogen) atoms. The Morgan fingerprint density at radius 3 is 3.11 bits per heavy atom. The zero-order valence-corrected chi connectivity index (χ0v) is 10.4. The molecule has 0 saturated carbocycles. The minimum atomic E-state index is 0.867. The monoisotopic (exact) mass is 239 g/mol. The molecule has 2 heteroatoms. The zero-order chi connectivity index (χ0) is 11.9. The van der Waals surface area contributed by atoms with Gasteiger partial charge in [0.2, 0.25) is 0 Å². The van der Waals surface area contributed by atoms with E-state index < -0.39 is 0 Å². The van der Waals surface area contributed by atoms with Gasteiger partial charge < -0.3 is 9.32 Å². The van der Waals surface area contributed by atoms with E-state index in [1.165, 1.54) is 43.4 Å². The van der Waals surface area contributed by atoms with Crippen LogP contribution in [0.1, 0.15) is 25.0 Å². The van der Waals surface area contributed by atoms with Gasteiger partial charge in [-0.3, -0.25) is 0 Å².